The molecule has 1 atom stereocenters. The molecule has 0 bridgehead atoms. The fourth-order valence-corrected chi connectivity index (χ4v) is 2.93. The second-order valence-electron chi connectivity index (χ2n) is 6.18. The second kappa shape index (κ2) is 5.74. The third kappa shape index (κ3) is 3.02. The molecule has 0 aliphatic rings. The van der Waals surface area contributed by atoms with E-state index in [2.05, 4.69) is 19.9 Å². The maximum atomic E-state index is 10.5. The van der Waals surface area contributed by atoms with E-state index in [0.29, 0.717) is 18.7 Å². The highest BCUT2D eigenvalue weighted by atomic mass is 16.3. The second-order valence-corrected chi connectivity index (χ2v) is 6.18. The zero-order valence-corrected chi connectivity index (χ0v) is 13.2. The van der Waals surface area contributed by atoms with E-state index in [0.717, 1.165) is 27.9 Å². The summed E-state index contributed by atoms with van der Waals surface area (Å²) in [6, 6.07) is 15.6. The highest BCUT2D eigenvalue weighted by molar-refractivity contribution is 5.75. The summed E-state index contributed by atoms with van der Waals surface area (Å²) in [5, 5.41) is 10.5. The summed E-state index contributed by atoms with van der Waals surface area (Å²) in [6.07, 6.45) is 1.23. The van der Waals surface area contributed by atoms with Crippen molar-refractivity contribution < 1.29 is 5.11 Å². The standard InChI is InChI=1S/C18H19N5O/c19-18(24,11-17-22-14-7-3-4-8-15(14)23-17)10-9-16-20-12-5-1-2-6-13(12)21-16/h1-8,24H,9-11,19H2,(H,20,21)(H,22,23). The lowest BCUT2D eigenvalue weighted by atomic mass is 10.0. The average Bonchev–Trinajstić information content (AvgIpc) is 3.15. The monoisotopic (exact) mass is 321 g/mol. The molecule has 0 saturated heterocycles. The number of hydrogen-bond donors (Lipinski definition) is 4. The van der Waals surface area contributed by atoms with Crippen LogP contribution in [-0.4, -0.2) is 30.8 Å². The van der Waals surface area contributed by atoms with Gasteiger partial charge in [-0.1, -0.05) is 24.3 Å². The Morgan fingerprint density at radius 2 is 1.42 bits per heavy atom. The largest absolute Gasteiger partial charge is 0.376 e. The van der Waals surface area contributed by atoms with Gasteiger partial charge in [0, 0.05) is 12.8 Å². The van der Waals surface area contributed by atoms with E-state index in [-0.39, 0.29) is 6.42 Å². The average molecular weight is 321 g/mol. The Hall–Kier alpha value is -2.70. The van der Waals surface area contributed by atoms with Gasteiger partial charge in [-0.3, -0.25) is 0 Å². The molecular weight excluding hydrogens is 302 g/mol. The lowest BCUT2D eigenvalue weighted by Crippen LogP contribution is -2.42. The van der Waals surface area contributed by atoms with Crippen molar-refractivity contribution in [1.82, 2.24) is 19.9 Å². The number of rotatable bonds is 5. The topological polar surface area (TPSA) is 104 Å². The van der Waals surface area contributed by atoms with E-state index in [1.165, 1.54) is 0 Å². The minimum atomic E-state index is -1.34. The van der Waals surface area contributed by atoms with Gasteiger partial charge in [0.15, 0.2) is 0 Å². The number of aromatic amines is 2. The van der Waals surface area contributed by atoms with Crippen molar-refractivity contribution in [1.29, 1.82) is 0 Å². The van der Waals surface area contributed by atoms with Gasteiger partial charge in [-0.25, -0.2) is 9.97 Å². The van der Waals surface area contributed by atoms with Gasteiger partial charge in [0.1, 0.15) is 17.4 Å². The molecular formula is C18H19N5O. The number of fused-ring (bicyclic) bond motifs is 2. The number of benzene rings is 2. The first-order valence-corrected chi connectivity index (χ1v) is 7.98. The number of nitrogens with zero attached hydrogens (tertiary/aromatic N) is 2. The summed E-state index contributed by atoms with van der Waals surface area (Å²) in [5.41, 5.74) is 8.46. The molecule has 0 spiro atoms. The molecule has 0 aliphatic carbocycles. The molecule has 2 heterocycles. The van der Waals surface area contributed by atoms with Crippen LogP contribution in [0.4, 0.5) is 0 Å². The molecule has 1 unspecified atom stereocenters. The van der Waals surface area contributed by atoms with Crippen LogP contribution in [0.2, 0.25) is 0 Å². The van der Waals surface area contributed by atoms with Crippen LogP contribution in [0.25, 0.3) is 22.1 Å². The van der Waals surface area contributed by atoms with Crippen LogP contribution in [0, 0.1) is 0 Å². The van der Waals surface area contributed by atoms with Crippen molar-refractivity contribution in [3.8, 4) is 0 Å². The van der Waals surface area contributed by atoms with Gasteiger partial charge in [0.2, 0.25) is 0 Å². The molecule has 24 heavy (non-hydrogen) atoms. The van der Waals surface area contributed by atoms with Crippen LogP contribution in [0.1, 0.15) is 18.1 Å². The number of aryl methyl sites for hydroxylation is 1. The highest BCUT2D eigenvalue weighted by Crippen LogP contribution is 2.18. The number of imidazole rings is 2. The first kappa shape index (κ1) is 14.9. The molecule has 0 radical (unpaired) electrons. The normalized spacial score (nSPS) is 14.2. The van der Waals surface area contributed by atoms with E-state index in [1.807, 2.05) is 48.5 Å². The summed E-state index contributed by atoms with van der Waals surface area (Å²) >= 11 is 0. The van der Waals surface area contributed by atoms with Crippen LogP contribution >= 0.6 is 0 Å². The number of nitrogens with one attached hydrogen (secondary N) is 2. The smallest absolute Gasteiger partial charge is 0.121 e. The molecule has 2 aromatic heterocycles. The van der Waals surface area contributed by atoms with E-state index >= 15 is 0 Å². The number of para-hydroxylation sites is 4. The third-order valence-corrected chi connectivity index (χ3v) is 4.15. The summed E-state index contributed by atoms with van der Waals surface area (Å²) in [5.74, 6) is 1.51. The lowest BCUT2D eigenvalue weighted by Gasteiger charge is -2.21. The van der Waals surface area contributed by atoms with Gasteiger partial charge in [-0.2, -0.15) is 0 Å². The Balaban J connectivity index is 1.46. The Labute approximate surface area is 138 Å². The van der Waals surface area contributed by atoms with Crippen molar-refractivity contribution in [2.24, 2.45) is 5.73 Å². The van der Waals surface area contributed by atoms with Crippen molar-refractivity contribution in [2.45, 2.75) is 25.0 Å². The van der Waals surface area contributed by atoms with Gasteiger partial charge in [-0.15, -0.1) is 0 Å². The van der Waals surface area contributed by atoms with Gasteiger partial charge in [-0.05, 0) is 30.7 Å². The van der Waals surface area contributed by atoms with E-state index in [9.17, 15) is 5.11 Å². The first-order valence-electron chi connectivity index (χ1n) is 7.98. The predicted octanol–water partition coefficient (Wildman–Crippen LogP) is 2.26. The number of nitrogens with two attached hydrogens (primary N) is 1. The number of aromatic nitrogens is 4. The SMILES string of the molecule is NC(O)(CCc1nc2ccccc2[nH]1)Cc1nc2ccccc2[nH]1. The molecule has 5 N–H and O–H groups in total. The molecule has 4 aromatic rings. The van der Waals surface area contributed by atoms with Crippen LogP contribution in [0.3, 0.4) is 0 Å². The van der Waals surface area contributed by atoms with Crippen molar-refractivity contribution in [3.63, 3.8) is 0 Å². The summed E-state index contributed by atoms with van der Waals surface area (Å²) in [6.45, 7) is 0. The molecule has 6 nitrogen and oxygen atoms in total. The Bertz CT molecular complexity index is 919. The zero-order valence-electron chi connectivity index (χ0n) is 13.2. The predicted molar refractivity (Wildman–Crippen MR) is 93.3 cm³/mol. The minimum absolute atomic E-state index is 0.266. The molecule has 2 aromatic carbocycles. The first-order chi connectivity index (χ1) is 11.6. The summed E-state index contributed by atoms with van der Waals surface area (Å²) < 4.78 is 0. The lowest BCUT2D eigenvalue weighted by molar-refractivity contribution is 0.0365. The Morgan fingerprint density at radius 1 is 0.875 bits per heavy atom. The van der Waals surface area contributed by atoms with Gasteiger partial charge >= 0.3 is 0 Å². The molecule has 122 valence electrons. The quantitative estimate of drug-likeness (QED) is 0.423. The molecule has 0 fully saturated rings. The number of hydrogen-bond acceptors (Lipinski definition) is 4. The van der Waals surface area contributed by atoms with Crippen molar-refractivity contribution >= 4 is 22.1 Å². The maximum Gasteiger partial charge on any atom is 0.121 e. The van der Waals surface area contributed by atoms with E-state index < -0.39 is 5.72 Å². The third-order valence-electron chi connectivity index (χ3n) is 4.15. The van der Waals surface area contributed by atoms with Crippen LogP contribution in [0.15, 0.2) is 48.5 Å². The Morgan fingerprint density at radius 3 is 2.04 bits per heavy atom. The summed E-state index contributed by atoms with van der Waals surface area (Å²) in [7, 11) is 0. The minimum Gasteiger partial charge on any atom is -0.376 e. The Kier molecular flexibility index (Phi) is 3.55. The molecule has 0 aliphatic heterocycles. The fraction of sp³-hybridized carbons (Fsp3) is 0.222. The molecule has 4 rings (SSSR count). The van der Waals surface area contributed by atoms with Crippen molar-refractivity contribution in [3.05, 3.63) is 60.2 Å². The summed E-state index contributed by atoms with van der Waals surface area (Å²) in [4.78, 5) is 15.4. The van der Waals surface area contributed by atoms with Crippen LogP contribution in [0.5, 0.6) is 0 Å². The zero-order chi connectivity index (χ0) is 16.6. The molecule has 0 saturated carbocycles. The molecule has 6 heteroatoms. The van der Waals surface area contributed by atoms with Gasteiger partial charge in [0.25, 0.3) is 0 Å². The highest BCUT2D eigenvalue weighted by Gasteiger charge is 2.24. The van der Waals surface area contributed by atoms with E-state index in [1.54, 1.807) is 0 Å². The van der Waals surface area contributed by atoms with Gasteiger partial charge in [0.05, 0.1) is 22.1 Å². The fourth-order valence-electron chi connectivity index (χ4n) is 2.93. The van der Waals surface area contributed by atoms with Crippen LogP contribution < -0.4 is 5.73 Å². The molecule has 0 amide bonds. The van der Waals surface area contributed by atoms with Crippen molar-refractivity contribution in [2.75, 3.05) is 0 Å². The maximum absolute atomic E-state index is 10.5. The van der Waals surface area contributed by atoms with Crippen LogP contribution in [-0.2, 0) is 12.8 Å². The van der Waals surface area contributed by atoms with E-state index in [4.69, 9.17) is 5.73 Å². The number of H-pyrrole nitrogens is 2. The van der Waals surface area contributed by atoms with Gasteiger partial charge < -0.3 is 20.8 Å². The number of aliphatic hydroxyl groups is 1.